The molecule has 3 unspecified atom stereocenters. The van der Waals surface area contributed by atoms with E-state index in [1.807, 2.05) is 18.2 Å². The van der Waals surface area contributed by atoms with Crippen LogP contribution in [0.15, 0.2) is 24.3 Å². The first-order chi connectivity index (χ1) is 12.1. The van der Waals surface area contributed by atoms with Crippen molar-refractivity contribution >= 4 is 17.6 Å². The Morgan fingerprint density at radius 3 is 2.80 bits per heavy atom. The molecule has 0 radical (unpaired) electrons. The molecule has 2 N–H and O–H groups in total. The third-order valence-electron chi connectivity index (χ3n) is 4.96. The van der Waals surface area contributed by atoms with Crippen LogP contribution in [0.4, 0.5) is 5.69 Å². The first-order valence-electron chi connectivity index (χ1n) is 9.00. The molecule has 2 fully saturated rings. The number of amides is 1. The van der Waals surface area contributed by atoms with Crippen LogP contribution in [0.25, 0.3) is 0 Å². The topological polar surface area (TPSA) is 84.9 Å². The standard InChI is InChI=1S/C19H25NO5/c21-18(13-4-1-5-14(10-13)19(22)23)20-15-6-2-7-16(11-15)25-12-17-8-3-9-24-17/h2,6-7,11,13-14,17H,1,3-5,8-10,12H2,(H,20,21)(H,22,23). The molecule has 0 spiro atoms. The molecular formula is C19H25NO5. The number of hydrogen-bond acceptors (Lipinski definition) is 4. The Hall–Kier alpha value is -2.08. The Kier molecular flexibility index (Phi) is 5.91. The zero-order valence-corrected chi connectivity index (χ0v) is 14.3. The highest BCUT2D eigenvalue weighted by atomic mass is 16.5. The summed E-state index contributed by atoms with van der Waals surface area (Å²) in [6, 6.07) is 7.30. The quantitative estimate of drug-likeness (QED) is 0.826. The number of carbonyl (C=O) groups is 2. The number of carboxylic acids is 1. The zero-order chi connectivity index (χ0) is 17.6. The van der Waals surface area contributed by atoms with Gasteiger partial charge in [-0.2, -0.15) is 0 Å². The van der Waals surface area contributed by atoms with E-state index in [0.717, 1.165) is 32.3 Å². The van der Waals surface area contributed by atoms with Crippen molar-refractivity contribution in [1.82, 2.24) is 0 Å². The highest BCUT2D eigenvalue weighted by Crippen LogP contribution is 2.30. The number of benzene rings is 1. The molecule has 25 heavy (non-hydrogen) atoms. The van der Waals surface area contributed by atoms with E-state index < -0.39 is 11.9 Å². The minimum Gasteiger partial charge on any atom is -0.491 e. The van der Waals surface area contributed by atoms with Gasteiger partial charge in [0.1, 0.15) is 12.4 Å². The van der Waals surface area contributed by atoms with Crippen molar-refractivity contribution in [3.63, 3.8) is 0 Å². The Morgan fingerprint density at radius 1 is 1.20 bits per heavy atom. The van der Waals surface area contributed by atoms with E-state index in [2.05, 4.69) is 5.32 Å². The summed E-state index contributed by atoms with van der Waals surface area (Å²) < 4.78 is 11.3. The average molecular weight is 347 g/mol. The second-order valence-corrected chi connectivity index (χ2v) is 6.86. The molecular weight excluding hydrogens is 322 g/mol. The predicted octanol–water partition coefficient (Wildman–Crippen LogP) is 3.07. The van der Waals surface area contributed by atoms with Gasteiger partial charge in [-0.3, -0.25) is 9.59 Å². The molecule has 1 saturated carbocycles. The number of hydrogen-bond donors (Lipinski definition) is 2. The first kappa shape index (κ1) is 17.7. The van der Waals surface area contributed by atoms with Crippen LogP contribution in [-0.4, -0.2) is 36.3 Å². The van der Waals surface area contributed by atoms with E-state index >= 15 is 0 Å². The van der Waals surface area contributed by atoms with Gasteiger partial charge in [0.15, 0.2) is 0 Å². The van der Waals surface area contributed by atoms with Crippen LogP contribution < -0.4 is 10.1 Å². The van der Waals surface area contributed by atoms with Gasteiger partial charge in [0.25, 0.3) is 0 Å². The summed E-state index contributed by atoms with van der Waals surface area (Å²) in [4.78, 5) is 23.6. The number of carbonyl (C=O) groups excluding carboxylic acids is 1. The summed E-state index contributed by atoms with van der Waals surface area (Å²) >= 11 is 0. The van der Waals surface area contributed by atoms with E-state index in [0.29, 0.717) is 30.9 Å². The van der Waals surface area contributed by atoms with Crippen LogP contribution >= 0.6 is 0 Å². The molecule has 0 bridgehead atoms. The second-order valence-electron chi connectivity index (χ2n) is 6.86. The van der Waals surface area contributed by atoms with E-state index in [1.54, 1.807) is 6.07 Å². The van der Waals surface area contributed by atoms with Crippen molar-refractivity contribution in [2.24, 2.45) is 11.8 Å². The predicted molar refractivity (Wildman–Crippen MR) is 92.6 cm³/mol. The maximum atomic E-state index is 12.4. The van der Waals surface area contributed by atoms with Gasteiger partial charge in [-0.25, -0.2) is 0 Å². The van der Waals surface area contributed by atoms with Gasteiger partial charge in [0.2, 0.25) is 5.91 Å². The molecule has 1 heterocycles. The fourth-order valence-corrected chi connectivity index (χ4v) is 3.53. The van der Waals surface area contributed by atoms with Crippen LogP contribution in [0.1, 0.15) is 38.5 Å². The minimum absolute atomic E-state index is 0.109. The third-order valence-corrected chi connectivity index (χ3v) is 4.96. The SMILES string of the molecule is O=C(O)C1CCCC(C(=O)Nc2cccc(OCC3CCCO3)c2)C1. The van der Waals surface area contributed by atoms with Crippen molar-refractivity contribution in [3.05, 3.63) is 24.3 Å². The number of rotatable bonds is 6. The van der Waals surface area contributed by atoms with Gasteiger partial charge in [0, 0.05) is 24.3 Å². The summed E-state index contributed by atoms with van der Waals surface area (Å²) in [5.41, 5.74) is 0.673. The monoisotopic (exact) mass is 347 g/mol. The molecule has 0 aromatic heterocycles. The summed E-state index contributed by atoms with van der Waals surface area (Å²) in [5.74, 6) is -0.874. The molecule has 6 heteroatoms. The van der Waals surface area contributed by atoms with Gasteiger partial charge >= 0.3 is 5.97 Å². The molecule has 1 aromatic carbocycles. The van der Waals surface area contributed by atoms with E-state index in [1.165, 1.54) is 0 Å². The van der Waals surface area contributed by atoms with Crippen molar-refractivity contribution in [2.75, 3.05) is 18.5 Å². The van der Waals surface area contributed by atoms with E-state index in [-0.39, 0.29) is 17.9 Å². The minimum atomic E-state index is -0.804. The average Bonchev–Trinajstić information content (AvgIpc) is 3.14. The van der Waals surface area contributed by atoms with Crippen LogP contribution in [0.3, 0.4) is 0 Å². The summed E-state index contributed by atoms with van der Waals surface area (Å²) in [6.45, 7) is 1.31. The lowest BCUT2D eigenvalue weighted by atomic mass is 9.81. The smallest absolute Gasteiger partial charge is 0.306 e. The molecule has 1 aliphatic carbocycles. The number of nitrogens with one attached hydrogen (secondary N) is 1. The van der Waals surface area contributed by atoms with E-state index in [9.17, 15) is 9.59 Å². The van der Waals surface area contributed by atoms with Crippen molar-refractivity contribution in [1.29, 1.82) is 0 Å². The number of aliphatic carboxylic acids is 1. The number of anilines is 1. The first-order valence-corrected chi connectivity index (χ1v) is 9.00. The Labute approximate surface area is 147 Å². The van der Waals surface area contributed by atoms with Gasteiger partial charge < -0.3 is 19.9 Å². The van der Waals surface area contributed by atoms with Crippen LogP contribution in [0.5, 0.6) is 5.75 Å². The maximum Gasteiger partial charge on any atom is 0.306 e. The van der Waals surface area contributed by atoms with Crippen LogP contribution in [0.2, 0.25) is 0 Å². The van der Waals surface area contributed by atoms with Gasteiger partial charge in [-0.15, -0.1) is 0 Å². The molecule has 1 amide bonds. The highest BCUT2D eigenvalue weighted by Gasteiger charge is 2.31. The Bertz CT molecular complexity index is 612. The zero-order valence-electron chi connectivity index (χ0n) is 14.3. The van der Waals surface area contributed by atoms with Crippen molar-refractivity contribution < 1.29 is 24.2 Å². The van der Waals surface area contributed by atoms with Crippen LogP contribution in [0, 0.1) is 11.8 Å². The summed E-state index contributed by atoms with van der Waals surface area (Å²) in [6.07, 6.45) is 4.83. The molecule has 3 rings (SSSR count). The van der Waals surface area contributed by atoms with Crippen LogP contribution in [-0.2, 0) is 14.3 Å². The molecule has 2 aliphatic rings. The van der Waals surface area contributed by atoms with Crippen molar-refractivity contribution in [3.8, 4) is 5.75 Å². The molecule has 1 aromatic rings. The maximum absolute atomic E-state index is 12.4. The fraction of sp³-hybridized carbons (Fsp3) is 0.579. The largest absolute Gasteiger partial charge is 0.491 e. The molecule has 1 saturated heterocycles. The van der Waals surface area contributed by atoms with Gasteiger partial charge in [0.05, 0.1) is 12.0 Å². The Morgan fingerprint density at radius 2 is 2.04 bits per heavy atom. The fourth-order valence-electron chi connectivity index (χ4n) is 3.53. The lowest BCUT2D eigenvalue weighted by molar-refractivity contribution is -0.143. The normalized spacial score (nSPS) is 26.2. The molecule has 6 nitrogen and oxygen atoms in total. The third kappa shape index (κ3) is 4.95. The second kappa shape index (κ2) is 8.34. The number of ether oxygens (including phenoxy) is 2. The van der Waals surface area contributed by atoms with E-state index in [4.69, 9.17) is 14.6 Å². The summed E-state index contributed by atoms with van der Waals surface area (Å²) in [7, 11) is 0. The Balaban J connectivity index is 1.53. The number of carboxylic acid groups (broad SMARTS) is 1. The molecule has 3 atom stereocenters. The van der Waals surface area contributed by atoms with Gasteiger partial charge in [-0.1, -0.05) is 12.5 Å². The van der Waals surface area contributed by atoms with Crippen molar-refractivity contribution in [2.45, 2.75) is 44.6 Å². The highest BCUT2D eigenvalue weighted by molar-refractivity contribution is 5.93. The lowest BCUT2D eigenvalue weighted by Crippen LogP contribution is -2.30. The summed E-state index contributed by atoms with van der Waals surface area (Å²) in [5, 5.41) is 12.1. The molecule has 1 aliphatic heterocycles. The molecule has 136 valence electrons. The van der Waals surface area contributed by atoms with Gasteiger partial charge in [-0.05, 0) is 44.2 Å². The lowest BCUT2D eigenvalue weighted by Gasteiger charge is -2.25.